The van der Waals surface area contributed by atoms with Crippen molar-refractivity contribution in [2.24, 2.45) is 0 Å². The summed E-state index contributed by atoms with van der Waals surface area (Å²) >= 11 is 4.21. The summed E-state index contributed by atoms with van der Waals surface area (Å²) in [5.74, 6) is 1.01. The summed E-state index contributed by atoms with van der Waals surface area (Å²) in [7, 11) is 0. The summed E-state index contributed by atoms with van der Waals surface area (Å²) in [6.45, 7) is 2.22. The highest BCUT2D eigenvalue weighted by atomic mass is 32.1. The van der Waals surface area contributed by atoms with Gasteiger partial charge in [0.1, 0.15) is 0 Å². The first-order chi connectivity index (χ1) is 6.86. The van der Waals surface area contributed by atoms with Gasteiger partial charge in [-0.15, -0.1) is 0 Å². The second-order valence-corrected chi connectivity index (χ2v) is 4.19. The average Bonchev–Trinajstić information content (AvgIpc) is 2.21. The molecule has 14 heavy (non-hydrogen) atoms. The summed E-state index contributed by atoms with van der Waals surface area (Å²) in [5.41, 5.74) is 2.93. The van der Waals surface area contributed by atoms with E-state index in [2.05, 4.69) is 43.8 Å². The summed E-state index contributed by atoms with van der Waals surface area (Å²) in [4.78, 5) is 0. The lowest BCUT2D eigenvalue weighted by Gasteiger charge is -2.02. The van der Waals surface area contributed by atoms with Crippen LogP contribution >= 0.6 is 12.6 Å². The minimum Gasteiger partial charge on any atom is -0.179 e. The van der Waals surface area contributed by atoms with Crippen molar-refractivity contribution in [2.45, 2.75) is 39.0 Å². The molecule has 0 heterocycles. The Morgan fingerprint density at radius 2 is 1.50 bits per heavy atom. The Morgan fingerprint density at radius 1 is 0.929 bits per heavy atom. The van der Waals surface area contributed by atoms with Crippen molar-refractivity contribution in [1.29, 1.82) is 0 Å². The van der Waals surface area contributed by atoms with E-state index in [0.29, 0.717) is 0 Å². The van der Waals surface area contributed by atoms with E-state index in [1.807, 2.05) is 0 Å². The van der Waals surface area contributed by atoms with E-state index in [0.717, 1.165) is 5.75 Å². The maximum absolute atomic E-state index is 4.21. The quantitative estimate of drug-likeness (QED) is 0.532. The van der Waals surface area contributed by atoms with Crippen LogP contribution in [0.15, 0.2) is 24.3 Å². The van der Waals surface area contributed by atoms with Gasteiger partial charge in [-0.1, -0.05) is 37.6 Å². The molecule has 78 valence electrons. The van der Waals surface area contributed by atoms with Crippen molar-refractivity contribution in [1.82, 2.24) is 0 Å². The molecule has 1 heteroatoms. The van der Waals surface area contributed by atoms with Crippen molar-refractivity contribution >= 4 is 12.6 Å². The van der Waals surface area contributed by atoms with Gasteiger partial charge >= 0.3 is 0 Å². The monoisotopic (exact) mass is 208 g/mol. The number of hydrogen-bond donors (Lipinski definition) is 1. The van der Waals surface area contributed by atoms with Gasteiger partial charge in [-0.3, -0.25) is 0 Å². The van der Waals surface area contributed by atoms with Gasteiger partial charge in [0.2, 0.25) is 0 Å². The molecule has 1 aromatic rings. The maximum Gasteiger partial charge on any atom is -0.00978 e. The minimum atomic E-state index is 1.01. The van der Waals surface area contributed by atoms with Gasteiger partial charge in [0.05, 0.1) is 0 Å². The van der Waals surface area contributed by atoms with Crippen molar-refractivity contribution in [3.05, 3.63) is 35.4 Å². The molecular weight excluding hydrogens is 188 g/mol. The van der Waals surface area contributed by atoms with Gasteiger partial charge in [0, 0.05) is 0 Å². The van der Waals surface area contributed by atoms with Crippen LogP contribution in [0.1, 0.15) is 37.3 Å². The van der Waals surface area contributed by atoms with E-state index in [-0.39, 0.29) is 0 Å². The molecule has 0 bridgehead atoms. The van der Waals surface area contributed by atoms with Gasteiger partial charge in [0.25, 0.3) is 0 Å². The first-order valence-electron chi connectivity index (χ1n) is 5.55. The van der Waals surface area contributed by atoms with E-state index in [4.69, 9.17) is 0 Å². The number of hydrogen-bond acceptors (Lipinski definition) is 1. The van der Waals surface area contributed by atoms with Crippen molar-refractivity contribution in [2.75, 3.05) is 5.75 Å². The molecule has 0 N–H and O–H groups in total. The molecule has 0 saturated heterocycles. The predicted molar refractivity (Wildman–Crippen MR) is 67.2 cm³/mol. The van der Waals surface area contributed by atoms with E-state index in [1.165, 1.54) is 43.2 Å². The van der Waals surface area contributed by atoms with Gasteiger partial charge in [-0.2, -0.15) is 12.6 Å². The molecule has 0 radical (unpaired) electrons. The van der Waals surface area contributed by atoms with E-state index in [9.17, 15) is 0 Å². The number of benzene rings is 1. The lowest BCUT2D eigenvalue weighted by molar-refractivity contribution is 0.803. The maximum atomic E-state index is 4.21. The van der Waals surface area contributed by atoms with Gasteiger partial charge in [-0.25, -0.2) is 0 Å². The average molecular weight is 208 g/mol. The van der Waals surface area contributed by atoms with Gasteiger partial charge < -0.3 is 0 Å². The van der Waals surface area contributed by atoms with Crippen molar-refractivity contribution in [3.8, 4) is 0 Å². The Morgan fingerprint density at radius 3 is 2.00 bits per heavy atom. The van der Waals surface area contributed by atoms with E-state index < -0.39 is 0 Å². The van der Waals surface area contributed by atoms with Gasteiger partial charge in [-0.05, 0) is 42.6 Å². The topological polar surface area (TPSA) is 0 Å². The molecule has 0 spiro atoms. The van der Waals surface area contributed by atoms with Crippen LogP contribution in [-0.4, -0.2) is 5.75 Å². The van der Waals surface area contributed by atoms with Crippen LogP contribution in [0, 0.1) is 0 Å². The van der Waals surface area contributed by atoms with Crippen molar-refractivity contribution < 1.29 is 0 Å². The third-order valence-electron chi connectivity index (χ3n) is 2.44. The molecular formula is C13H20S. The molecule has 0 nitrogen and oxygen atoms in total. The van der Waals surface area contributed by atoms with Gasteiger partial charge in [0.15, 0.2) is 0 Å². The van der Waals surface area contributed by atoms with Crippen LogP contribution in [0.2, 0.25) is 0 Å². The molecule has 1 aromatic carbocycles. The zero-order valence-corrected chi connectivity index (χ0v) is 9.89. The number of rotatable bonds is 6. The fourth-order valence-corrected chi connectivity index (χ4v) is 1.83. The normalized spacial score (nSPS) is 10.4. The molecule has 0 aliphatic heterocycles. The van der Waals surface area contributed by atoms with Crippen LogP contribution in [0.5, 0.6) is 0 Å². The first-order valence-corrected chi connectivity index (χ1v) is 6.18. The largest absolute Gasteiger partial charge is 0.179 e. The molecule has 0 atom stereocenters. The lowest BCUT2D eigenvalue weighted by atomic mass is 10.0. The highest BCUT2D eigenvalue weighted by molar-refractivity contribution is 7.80. The first kappa shape index (κ1) is 11.6. The molecule has 0 aliphatic rings. The zero-order valence-electron chi connectivity index (χ0n) is 9.00. The molecule has 0 unspecified atom stereocenters. The Hall–Kier alpha value is -0.430. The van der Waals surface area contributed by atoms with Crippen LogP contribution in [0.25, 0.3) is 0 Å². The Balaban J connectivity index is 2.38. The summed E-state index contributed by atoms with van der Waals surface area (Å²) in [6, 6.07) is 9.06. The fourth-order valence-electron chi connectivity index (χ4n) is 1.60. The SMILES string of the molecule is CCCc1ccc(CCCCS)cc1. The molecule has 0 amide bonds. The number of aryl methyl sites for hydroxylation is 2. The molecule has 0 fully saturated rings. The van der Waals surface area contributed by atoms with Crippen molar-refractivity contribution in [3.63, 3.8) is 0 Å². The zero-order chi connectivity index (χ0) is 10.2. The predicted octanol–water partition coefficient (Wildman–Crippen LogP) is 3.89. The number of unbranched alkanes of at least 4 members (excludes halogenated alkanes) is 1. The second kappa shape index (κ2) is 6.94. The van der Waals surface area contributed by atoms with Crippen LogP contribution in [0.3, 0.4) is 0 Å². The third kappa shape index (κ3) is 4.19. The van der Waals surface area contributed by atoms with E-state index in [1.54, 1.807) is 0 Å². The van der Waals surface area contributed by atoms with Crippen LogP contribution < -0.4 is 0 Å². The molecule has 1 rings (SSSR count). The Kier molecular flexibility index (Phi) is 5.77. The summed E-state index contributed by atoms with van der Waals surface area (Å²) in [6.07, 6.45) is 6.12. The molecule has 0 aliphatic carbocycles. The highest BCUT2D eigenvalue weighted by Gasteiger charge is 1.94. The molecule has 0 aromatic heterocycles. The number of thiol groups is 1. The Labute approximate surface area is 93.1 Å². The lowest BCUT2D eigenvalue weighted by Crippen LogP contribution is -1.88. The highest BCUT2D eigenvalue weighted by Crippen LogP contribution is 2.09. The second-order valence-electron chi connectivity index (χ2n) is 3.75. The molecule has 0 saturated carbocycles. The van der Waals surface area contributed by atoms with Crippen LogP contribution in [-0.2, 0) is 12.8 Å². The Bertz CT molecular complexity index is 238. The fraction of sp³-hybridized carbons (Fsp3) is 0.538. The summed E-state index contributed by atoms with van der Waals surface area (Å²) in [5, 5.41) is 0. The smallest absolute Gasteiger partial charge is 0.00978 e. The standard InChI is InChI=1S/C13H20S/c1-2-5-12-7-9-13(10-8-12)6-3-4-11-14/h7-10,14H,2-6,11H2,1H3. The van der Waals surface area contributed by atoms with E-state index >= 15 is 0 Å². The minimum absolute atomic E-state index is 1.01. The van der Waals surface area contributed by atoms with Crippen LogP contribution in [0.4, 0.5) is 0 Å². The third-order valence-corrected chi connectivity index (χ3v) is 2.75. The summed E-state index contributed by atoms with van der Waals surface area (Å²) < 4.78 is 0.